The number of carbonyl (C=O) groups excluding carboxylic acids is 1. The van der Waals surface area contributed by atoms with E-state index < -0.39 is 0 Å². The van der Waals surface area contributed by atoms with Gasteiger partial charge in [0.15, 0.2) is 0 Å². The van der Waals surface area contributed by atoms with Crippen molar-refractivity contribution in [3.05, 3.63) is 34.7 Å². The van der Waals surface area contributed by atoms with Crippen LogP contribution in [0.2, 0.25) is 0 Å². The molecule has 2 aromatic rings. The van der Waals surface area contributed by atoms with Crippen molar-refractivity contribution >= 4 is 18.1 Å². The predicted octanol–water partition coefficient (Wildman–Crippen LogP) is 2.68. The SMILES string of the molecule is O=C(NC[C@H]1CCCC[C@@H]1O)c1ccc(-c2n[nH]c(=S)o2)cc1. The summed E-state index contributed by atoms with van der Waals surface area (Å²) in [6.07, 6.45) is 3.67. The fourth-order valence-corrected chi connectivity index (χ4v) is 2.99. The summed E-state index contributed by atoms with van der Waals surface area (Å²) in [6.45, 7) is 0.510. The highest BCUT2D eigenvalue weighted by molar-refractivity contribution is 7.71. The third-order valence-electron chi connectivity index (χ3n) is 4.23. The second-order valence-corrected chi connectivity index (χ2v) is 6.19. The van der Waals surface area contributed by atoms with E-state index in [4.69, 9.17) is 16.6 Å². The molecular formula is C16H19N3O3S. The van der Waals surface area contributed by atoms with Gasteiger partial charge in [-0.3, -0.25) is 4.79 Å². The Labute approximate surface area is 138 Å². The second-order valence-electron chi connectivity index (χ2n) is 5.82. The first-order valence-corrected chi connectivity index (χ1v) is 8.16. The van der Waals surface area contributed by atoms with Gasteiger partial charge in [0.2, 0.25) is 5.89 Å². The van der Waals surface area contributed by atoms with Crippen molar-refractivity contribution in [1.82, 2.24) is 15.5 Å². The summed E-state index contributed by atoms with van der Waals surface area (Å²) in [4.78, 5) is 12.4. The zero-order valence-corrected chi connectivity index (χ0v) is 13.4. The van der Waals surface area contributed by atoms with E-state index in [9.17, 15) is 9.90 Å². The molecular weight excluding hydrogens is 314 g/mol. The smallest absolute Gasteiger partial charge is 0.284 e. The molecule has 1 aliphatic carbocycles. The molecule has 1 aliphatic rings. The molecule has 2 atom stereocenters. The van der Waals surface area contributed by atoms with Crippen LogP contribution in [0.25, 0.3) is 11.5 Å². The van der Waals surface area contributed by atoms with Crippen LogP contribution in [-0.4, -0.2) is 33.9 Å². The molecule has 3 N–H and O–H groups in total. The lowest BCUT2D eigenvalue weighted by Crippen LogP contribution is -2.36. The summed E-state index contributed by atoms with van der Waals surface area (Å²) in [5.41, 5.74) is 1.31. The van der Waals surface area contributed by atoms with Crippen LogP contribution in [0, 0.1) is 10.8 Å². The largest absolute Gasteiger partial charge is 0.409 e. The van der Waals surface area contributed by atoms with Gasteiger partial charge in [0.05, 0.1) is 6.10 Å². The van der Waals surface area contributed by atoms with Gasteiger partial charge in [-0.05, 0) is 49.3 Å². The van der Waals surface area contributed by atoms with Gasteiger partial charge in [-0.1, -0.05) is 12.8 Å². The minimum absolute atomic E-state index is 0.141. The lowest BCUT2D eigenvalue weighted by Gasteiger charge is -2.27. The lowest BCUT2D eigenvalue weighted by atomic mass is 9.86. The van der Waals surface area contributed by atoms with Crippen molar-refractivity contribution in [2.75, 3.05) is 6.54 Å². The van der Waals surface area contributed by atoms with Crippen LogP contribution in [0.15, 0.2) is 28.7 Å². The number of aliphatic hydroxyl groups excluding tert-OH is 1. The Balaban J connectivity index is 1.60. The summed E-state index contributed by atoms with van der Waals surface area (Å²) in [6, 6.07) is 6.96. The van der Waals surface area contributed by atoms with Crippen molar-refractivity contribution in [3.63, 3.8) is 0 Å². The number of carbonyl (C=O) groups is 1. The number of nitrogens with zero attached hydrogens (tertiary/aromatic N) is 1. The van der Waals surface area contributed by atoms with Gasteiger partial charge in [0, 0.05) is 23.6 Å². The molecule has 6 nitrogen and oxygen atoms in total. The number of hydrogen-bond donors (Lipinski definition) is 3. The minimum atomic E-state index is -0.305. The molecule has 7 heteroatoms. The number of H-pyrrole nitrogens is 1. The Morgan fingerprint density at radius 2 is 2.09 bits per heavy atom. The summed E-state index contributed by atoms with van der Waals surface area (Å²) in [5.74, 6) is 0.407. The van der Waals surface area contributed by atoms with Crippen LogP contribution in [-0.2, 0) is 0 Å². The number of hydrogen-bond acceptors (Lipinski definition) is 5. The molecule has 0 saturated heterocycles. The number of nitrogens with one attached hydrogen (secondary N) is 2. The average Bonchev–Trinajstić information content (AvgIpc) is 3.00. The Kier molecular flexibility index (Phi) is 4.88. The van der Waals surface area contributed by atoms with Crippen LogP contribution in [0.1, 0.15) is 36.0 Å². The maximum Gasteiger partial charge on any atom is 0.284 e. The molecule has 1 aromatic heterocycles. The fourth-order valence-electron chi connectivity index (χ4n) is 2.87. The quantitative estimate of drug-likeness (QED) is 0.748. The van der Waals surface area contributed by atoms with E-state index in [2.05, 4.69) is 15.5 Å². The van der Waals surface area contributed by atoms with Crippen LogP contribution < -0.4 is 5.32 Å². The number of aromatic nitrogens is 2. The summed E-state index contributed by atoms with van der Waals surface area (Å²) >= 11 is 4.84. The third-order valence-corrected chi connectivity index (χ3v) is 4.40. The van der Waals surface area contributed by atoms with Crippen molar-refractivity contribution in [2.24, 2.45) is 5.92 Å². The monoisotopic (exact) mass is 333 g/mol. The van der Waals surface area contributed by atoms with Crippen LogP contribution in [0.5, 0.6) is 0 Å². The van der Waals surface area contributed by atoms with Gasteiger partial charge in [0.25, 0.3) is 10.7 Å². The number of aliphatic hydroxyl groups is 1. The van der Waals surface area contributed by atoms with E-state index in [-0.39, 0.29) is 22.8 Å². The molecule has 1 saturated carbocycles. The lowest BCUT2D eigenvalue weighted by molar-refractivity contribution is 0.0663. The molecule has 122 valence electrons. The fraction of sp³-hybridized carbons (Fsp3) is 0.438. The molecule has 0 radical (unpaired) electrons. The highest BCUT2D eigenvalue weighted by Crippen LogP contribution is 2.23. The highest BCUT2D eigenvalue weighted by atomic mass is 32.1. The first-order chi connectivity index (χ1) is 11.1. The first-order valence-electron chi connectivity index (χ1n) is 7.75. The molecule has 0 bridgehead atoms. The first kappa shape index (κ1) is 15.9. The van der Waals surface area contributed by atoms with Gasteiger partial charge in [-0.15, -0.1) is 5.10 Å². The molecule has 1 fully saturated rings. The molecule has 1 amide bonds. The van der Waals surface area contributed by atoms with E-state index in [1.54, 1.807) is 24.3 Å². The van der Waals surface area contributed by atoms with Crippen molar-refractivity contribution in [3.8, 4) is 11.5 Å². The number of aromatic amines is 1. The van der Waals surface area contributed by atoms with Gasteiger partial charge in [0.1, 0.15) is 0 Å². The van der Waals surface area contributed by atoms with Gasteiger partial charge in [-0.2, -0.15) is 0 Å². The van der Waals surface area contributed by atoms with E-state index in [1.165, 1.54) is 0 Å². The zero-order chi connectivity index (χ0) is 16.2. The van der Waals surface area contributed by atoms with E-state index in [0.717, 1.165) is 31.2 Å². The Bertz CT molecular complexity index is 723. The maximum atomic E-state index is 12.2. The Hall–Kier alpha value is -1.99. The molecule has 0 unspecified atom stereocenters. The summed E-state index contributed by atoms with van der Waals surface area (Å²) in [7, 11) is 0. The predicted molar refractivity (Wildman–Crippen MR) is 87.4 cm³/mol. The maximum absolute atomic E-state index is 12.2. The Morgan fingerprint density at radius 3 is 2.74 bits per heavy atom. The third kappa shape index (κ3) is 3.86. The minimum Gasteiger partial charge on any atom is -0.409 e. The van der Waals surface area contributed by atoms with Crippen molar-refractivity contribution < 1.29 is 14.3 Å². The standard InChI is InChI=1S/C16H19N3O3S/c20-13-4-2-1-3-12(13)9-17-14(21)10-5-7-11(8-6-10)15-18-19-16(23)22-15/h5-8,12-13,20H,1-4,9H2,(H,17,21)(H,19,23)/t12-,13+/m1/s1. The molecule has 0 spiro atoms. The molecule has 1 aromatic carbocycles. The summed E-state index contributed by atoms with van der Waals surface area (Å²) < 4.78 is 5.23. The Morgan fingerprint density at radius 1 is 1.35 bits per heavy atom. The molecule has 3 rings (SSSR count). The van der Waals surface area contributed by atoms with Crippen LogP contribution in [0.4, 0.5) is 0 Å². The number of amides is 1. The number of rotatable bonds is 4. The molecule has 1 heterocycles. The normalized spacial score (nSPS) is 21.1. The highest BCUT2D eigenvalue weighted by Gasteiger charge is 2.23. The van der Waals surface area contributed by atoms with Crippen LogP contribution in [0.3, 0.4) is 0 Å². The average molecular weight is 333 g/mol. The van der Waals surface area contributed by atoms with E-state index in [1.807, 2.05) is 0 Å². The van der Waals surface area contributed by atoms with E-state index >= 15 is 0 Å². The summed E-state index contributed by atoms with van der Waals surface area (Å²) in [5, 5.41) is 19.3. The zero-order valence-electron chi connectivity index (χ0n) is 12.6. The van der Waals surface area contributed by atoms with Gasteiger partial charge in [-0.25, -0.2) is 5.10 Å². The van der Waals surface area contributed by atoms with Gasteiger partial charge >= 0.3 is 0 Å². The topological polar surface area (TPSA) is 91.1 Å². The molecule has 23 heavy (non-hydrogen) atoms. The van der Waals surface area contributed by atoms with Gasteiger partial charge < -0.3 is 14.8 Å². The van der Waals surface area contributed by atoms with E-state index in [0.29, 0.717) is 18.0 Å². The second kappa shape index (κ2) is 7.06. The van der Waals surface area contributed by atoms with Crippen molar-refractivity contribution in [1.29, 1.82) is 0 Å². The van der Waals surface area contributed by atoms with Crippen LogP contribution >= 0.6 is 12.2 Å². The van der Waals surface area contributed by atoms with Crippen molar-refractivity contribution in [2.45, 2.75) is 31.8 Å². The number of benzene rings is 1. The molecule has 0 aliphatic heterocycles.